The van der Waals surface area contributed by atoms with E-state index in [0.717, 1.165) is 43.0 Å². The lowest BCUT2D eigenvalue weighted by Gasteiger charge is -2.43. The highest BCUT2D eigenvalue weighted by Gasteiger charge is 2.44. The molecule has 18 heavy (non-hydrogen) atoms. The van der Waals surface area contributed by atoms with E-state index in [9.17, 15) is 4.79 Å². The Morgan fingerprint density at radius 3 is 2.56 bits per heavy atom. The van der Waals surface area contributed by atoms with Crippen molar-refractivity contribution < 1.29 is 4.79 Å². The van der Waals surface area contributed by atoms with Gasteiger partial charge in [-0.2, -0.15) is 0 Å². The van der Waals surface area contributed by atoms with Crippen LogP contribution in [0.4, 0.5) is 11.4 Å². The van der Waals surface area contributed by atoms with E-state index in [2.05, 4.69) is 17.6 Å². The Bertz CT molecular complexity index is 461. The van der Waals surface area contributed by atoms with Gasteiger partial charge in [0.2, 0.25) is 5.91 Å². The van der Waals surface area contributed by atoms with Gasteiger partial charge in [-0.3, -0.25) is 4.79 Å². The minimum atomic E-state index is -0.361. The van der Waals surface area contributed by atoms with Gasteiger partial charge in [-0.15, -0.1) is 0 Å². The molecule has 3 heteroatoms. The van der Waals surface area contributed by atoms with Gasteiger partial charge in [0, 0.05) is 0 Å². The summed E-state index contributed by atoms with van der Waals surface area (Å²) in [6.45, 7) is 2.24. The smallest absolute Gasteiger partial charge is 0.250 e. The minimum Gasteiger partial charge on any atom is -0.370 e. The zero-order valence-electron chi connectivity index (χ0n) is 10.8. The van der Waals surface area contributed by atoms with Crippen LogP contribution >= 0.6 is 0 Å². The third kappa shape index (κ3) is 1.78. The lowest BCUT2D eigenvalue weighted by molar-refractivity contribution is -0.121. The van der Waals surface area contributed by atoms with E-state index in [1.165, 1.54) is 6.42 Å². The molecule has 1 aliphatic carbocycles. The van der Waals surface area contributed by atoms with Gasteiger partial charge in [-0.25, -0.2) is 0 Å². The molecule has 0 saturated heterocycles. The molecule has 1 aromatic carbocycles. The molecule has 1 aromatic rings. The molecule has 0 atom stereocenters. The van der Waals surface area contributed by atoms with Gasteiger partial charge in [0.05, 0.1) is 11.4 Å². The fourth-order valence-corrected chi connectivity index (χ4v) is 3.19. The van der Waals surface area contributed by atoms with Crippen LogP contribution in [0.25, 0.3) is 0 Å². The van der Waals surface area contributed by atoms with Crippen molar-refractivity contribution in [2.45, 2.75) is 44.6 Å². The van der Waals surface area contributed by atoms with E-state index >= 15 is 0 Å². The Labute approximate surface area is 108 Å². The number of hydrogen-bond acceptors (Lipinski definition) is 2. The Morgan fingerprint density at radius 2 is 1.89 bits per heavy atom. The number of para-hydroxylation sites is 2. The fraction of sp³-hybridized carbons (Fsp3) is 0.533. The highest BCUT2D eigenvalue weighted by molar-refractivity contribution is 6.06. The number of carbonyl (C=O) groups excluding carboxylic acids is 1. The number of anilines is 2. The molecular formula is C15H20N2O. The van der Waals surface area contributed by atoms with Gasteiger partial charge in [0.1, 0.15) is 5.54 Å². The third-order valence-electron chi connectivity index (χ3n) is 4.52. The standard InChI is InChI=1S/C15H20N2O/c1-2-11-7-9-15(10-8-11)14(18)16-12-5-3-4-6-13(12)17-15/h3-6,11,17H,2,7-10H2,1H3,(H,16,18). The van der Waals surface area contributed by atoms with Crippen molar-refractivity contribution in [1.82, 2.24) is 0 Å². The highest BCUT2D eigenvalue weighted by atomic mass is 16.2. The molecule has 2 N–H and O–H groups in total. The lowest BCUT2D eigenvalue weighted by atomic mass is 9.74. The summed E-state index contributed by atoms with van der Waals surface area (Å²) in [7, 11) is 0. The normalized spacial score (nSPS) is 30.5. The maximum Gasteiger partial charge on any atom is 0.250 e. The summed E-state index contributed by atoms with van der Waals surface area (Å²) in [5.41, 5.74) is 1.61. The van der Waals surface area contributed by atoms with Crippen LogP contribution in [0.1, 0.15) is 39.0 Å². The first-order valence-corrected chi connectivity index (χ1v) is 6.92. The first kappa shape index (κ1) is 11.6. The molecule has 2 aliphatic rings. The van der Waals surface area contributed by atoms with E-state index in [0.29, 0.717) is 0 Å². The maximum absolute atomic E-state index is 12.4. The zero-order chi connectivity index (χ0) is 12.6. The Kier molecular flexibility index (Phi) is 2.77. The van der Waals surface area contributed by atoms with Crippen molar-refractivity contribution in [3.8, 4) is 0 Å². The van der Waals surface area contributed by atoms with Crippen LogP contribution in [0.2, 0.25) is 0 Å². The summed E-state index contributed by atoms with van der Waals surface area (Å²) >= 11 is 0. The molecule has 1 aliphatic heterocycles. The van der Waals surface area contributed by atoms with Gasteiger partial charge in [0.15, 0.2) is 0 Å². The number of carbonyl (C=O) groups is 1. The van der Waals surface area contributed by atoms with Crippen LogP contribution < -0.4 is 10.6 Å². The van der Waals surface area contributed by atoms with E-state index < -0.39 is 0 Å². The maximum atomic E-state index is 12.4. The highest BCUT2D eigenvalue weighted by Crippen LogP contribution is 2.41. The second-order valence-corrected chi connectivity index (χ2v) is 5.56. The summed E-state index contributed by atoms with van der Waals surface area (Å²) in [5, 5.41) is 6.55. The Hall–Kier alpha value is -1.51. The minimum absolute atomic E-state index is 0.149. The average Bonchev–Trinajstić information content (AvgIpc) is 2.41. The van der Waals surface area contributed by atoms with Crippen LogP contribution in [-0.2, 0) is 4.79 Å². The molecule has 0 bridgehead atoms. The molecule has 1 amide bonds. The molecule has 3 nitrogen and oxygen atoms in total. The van der Waals surface area contributed by atoms with Gasteiger partial charge >= 0.3 is 0 Å². The van der Waals surface area contributed by atoms with Crippen molar-refractivity contribution in [3.05, 3.63) is 24.3 Å². The molecule has 1 fully saturated rings. The molecule has 1 heterocycles. The summed E-state index contributed by atoms with van der Waals surface area (Å²) in [5.74, 6) is 0.943. The molecule has 3 rings (SSSR count). The molecular weight excluding hydrogens is 224 g/mol. The monoisotopic (exact) mass is 244 g/mol. The summed E-state index contributed by atoms with van der Waals surface area (Å²) < 4.78 is 0. The Balaban J connectivity index is 1.85. The van der Waals surface area contributed by atoms with Crippen LogP contribution in [-0.4, -0.2) is 11.4 Å². The Morgan fingerprint density at radius 1 is 1.22 bits per heavy atom. The third-order valence-corrected chi connectivity index (χ3v) is 4.52. The zero-order valence-corrected chi connectivity index (χ0v) is 10.8. The van der Waals surface area contributed by atoms with Crippen molar-refractivity contribution in [3.63, 3.8) is 0 Å². The largest absolute Gasteiger partial charge is 0.370 e. The molecule has 0 radical (unpaired) electrons. The van der Waals surface area contributed by atoms with E-state index in [4.69, 9.17) is 0 Å². The van der Waals surface area contributed by atoms with Crippen molar-refractivity contribution in [2.24, 2.45) is 5.92 Å². The van der Waals surface area contributed by atoms with Gasteiger partial charge < -0.3 is 10.6 Å². The second-order valence-electron chi connectivity index (χ2n) is 5.56. The van der Waals surface area contributed by atoms with E-state index in [-0.39, 0.29) is 11.4 Å². The van der Waals surface area contributed by atoms with Crippen LogP contribution in [0.5, 0.6) is 0 Å². The SMILES string of the molecule is CCC1CCC2(CC1)Nc1ccccc1NC2=O. The fourth-order valence-electron chi connectivity index (χ4n) is 3.19. The topological polar surface area (TPSA) is 41.1 Å². The number of hydrogen-bond donors (Lipinski definition) is 2. The number of benzene rings is 1. The summed E-state index contributed by atoms with van der Waals surface area (Å²) in [6.07, 6.45) is 5.43. The van der Waals surface area contributed by atoms with Crippen molar-refractivity contribution in [1.29, 1.82) is 0 Å². The number of fused-ring (bicyclic) bond motifs is 1. The lowest BCUT2D eigenvalue weighted by Crippen LogP contribution is -2.54. The number of nitrogens with one attached hydrogen (secondary N) is 2. The van der Waals surface area contributed by atoms with Crippen molar-refractivity contribution >= 4 is 17.3 Å². The molecule has 0 aromatic heterocycles. The van der Waals surface area contributed by atoms with Crippen LogP contribution in [0.15, 0.2) is 24.3 Å². The van der Waals surface area contributed by atoms with Crippen LogP contribution in [0, 0.1) is 5.92 Å². The number of rotatable bonds is 1. The van der Waals surface area contributed by atoms with Gasteiger partial charge in [0.25, 0.3) is 0 Å². The molecule has 96 valence electrons. The second kappa shape index (κ2) is 4.30. The molecule has 1 saturated carbocycles. The van der Waals surface area contributed by atoms with Gasteiger partial charge in [-0.1, -0.05) is 25.5 Å². The summed E-state index contributed by atoms with van der Waals surface area (Å²) in [6, 6.07) is 7.95. The predicted octanol–water partition coefficient (Wildman–Crippen LogP) is 3.39. The first-order valence-electron chi connectivity index (χ1n) is 6.92. The van der Waals surface area contributed by atoms with Crippen molar-refractivity contribution in [2.75, 3.05) is 10.6 Å². The average molecular weight is 244 g/mol. The first-order chi connectivity index (χ1) is 8.73. The number of amides is 1. The predicted molar refractivity (Wildman–Crippen MR) is 73.7 cm³/mol. The van der Waals surface area contributed by atoms with Gasteiger partial charge in [-0.05, 0) is 43.7 Å². The van der Waals surface area contributed by atoms with E-state index in [1.807, 2.05) is 24.3 Å². The summed E-state index contributed by atoms with van der Waals surface area (Å²) in [4.78, 5) is 12.4. The molecule has 0 unspecified atom stereocenters. The quantitative estimate of drug-likeness (QED) is 0.795. The van der Waals surface area contributed by atoms with Crippen LogP contribution in [0.3, 0.4) is 0 Å². The molecule has 1 spiro atoms. The van der Waals surface area contributed by atoms with E-state index in [1.54, 1.807) is 0 Å².